The Morgan fingerprint density at radius 2 is 1.78 bits per heavy atom. The van der Waals surface area contributed by atoms with Crippen LogP contribution in [0.4, 0.5) is 0 Å². The molecule has 2 aromatic rings. The van der Waals surface area contributed by atoms with Crippen molar-refractivity contribution in [1.29, 1.82) is 0 Å². The number of benzene rings is 2. The third kappa shape index (κ3) is 6.92. The van der Waals surface area contributed by atoms with Crippen LogP contribution in [0.1, 0.15) is 25.8 Å². The Balaban J connectivity index is 2.08. The Hall–Kier alpha value is -1.98. The third-order valence-electron chi connectivity index (χ3n) is 4.09. The third-order valence-corrected chi connectivity index (χ3v) is 5.34. The number of nitrogens with one attached hydrogen (secondary N) is 1. The summed E-state index contributed by atoms with van der Waals surface area (Å²) >= 11 is 7.35. The van der Waals surface area contributed by atoms with Crippen molar-refractivity contribution in [1.82, 2.24) is 10.2 Å². The van der Waals surface area contributed by atoms with Gasteiger partial charge >= 0.3 is 0 Å². The minimum atomic E-state index is -0.532. The molecule has 0 aliphatic carbocycles. The smallest absolute Gasteiger partial charge is 0.242 e. The Bertz CT molecular complexity index is 738. The number of nitrogens with zero attached hydrogens (tertiary/aromatic N) is 1. The molecule has 0 aliphatic heterocycles. The lowest BCUT2D eigenvalue weighted by molar-refractivity contribution is -0.138. The zero-order valence-corrected chi connectivity index (χ0v) is 17.2. The van der Waals surface area contributed by atoms with Crippen LogP contribution in [0.3, 0.4) is 0 Å². The average molecular weight is 405 g/mol. The van der Waals surface area contributed by atoms with E-state index in [1.165, 1.54) is 11.8 Å². The normalized spacial score (nSPS) is 11.7. The first kappa shape index (κ1) is 21.3. The Labute approximate surface area is 170 Å². The fourth-order valence-corrected chi connectivity index (χ4v) is 3.43. The van der Waals surface area contributed by atoms with Crippen molar-refractivity contribution in [2.75, 3.05) is 12.3 Å². The summed E-state index contributed by atoms with van der Waals surface area (Å²) in [6.07, 6.45) is 0.859. The summed E-state index contributed by atoms with van der Waals surface area (Å²) in [6, 6.07) is 16.6. The maximum Gasteiger partial charge on any atom is 0.242 e. The van der Waals surface area contributed by atoms with Crippen LogP contribution >= 0.6 is 23.4 Å². The maximum absolute atomic E-state index is 12.9. The fraction of sp³-hybridized carbons (Fsp3) is 0.333. The van der Waals surface area contributed by atoms with Gasteiger partial charge in [-0.1, -0.05) is 48.9 Å². The molecule has 1 unspecified atom stereocenters. The van der Waals surface area contributed by atoms with Crippen molar-refractivity contribution in [3.63, 3.8) is 0 Å². The molecule has 0 aromatic heterocycles. The number of carbonyl (C=O) groups excluding carboxylic acids is 2. The molecule has 2 amide bonds. The van der Waals surface area contributed by atoms with Gasteiger partial charge in [0.1, 0.15) is 6.04 Å². The number of rotatable bonds is 9. The van der Waals surface area contributed by atoms with E-state index >= 15 is 0 Å². The second-order valence-electron chi connectivity index (χ2n) is 6.22. The van der Waals surface area contributed by atoms with E-state index in [2.05, 4.69) is 5.32 Å². The summed E-state index contributed by atoms with van der Waals surface area (Å²) in [5.41, 5.74) is 0.998. The van der Waals surface area contributed by atoms with Crippen LogP contribution in [0.25, 0.3) is 0 Å². The van der Waals surface area contributed by atoms with Crippen LogP contribution in [-0.4, -0.2) is 35.1 Å². The molecule has 0 bridgehead atoms. The van der Waals surface area contributed by atoms with Gasteiger partial charge in [-0.05, 0) is 43.2 Å². The predicted molar refractivity (Wildman–Crippen MR) is 112 cm³/mol. The first-order chi connectivity index (χ1) is 13.0. The van der Waals surface area contributed by atoms with Crippen molar-refractivity contribution in [2.45, 2.75) is 37.8 Å². The van der Waals surface area contributed by atoms with E-state index in [1.54, 1.807) is 24.0 Å². The molecule has 4 nitrogen and oxygen atoms in total. The number of halogens is 1. The van der Waals surface area contributed by atoms with Crippen LogP contribution < -0.4 is 5.32 Å². The number of thioether (sulfide) groups is 1. The molecule has 0 aliphatic rings. The van der Waals surface area contributed by atoms with Gasteiger partial charge in [0.2, 0.25) is 11.8 Å². The molecule has 6 heteroatoms. The summed E-state index contributed by atoms with van der Waals surface area (Å²) in [5, 5.41) is 3.54. The second kappa shape index (κ2) is 11.0. The van der Waals surface area contributed by atoms with Crippen LogP contribution in [0.15, 0.2) is 59.5 Å². The highest BCUT2D eigenvalue weighted by Gasteiger charge is 2.25. The Kier molecular flexibility index (Phi) is 8.69. The molecule has 2 rings (SSSR count). The molecule has 0 fully saturated rings. The summed E-state index contributed by atoms with van der Waals surface area (Å²) in [6.45, 7) is 4.79. The molecule has 0 radical (unpaired) electrons. The largest absolute Gasteiger partial charge is 0.354 e. The highest BCUT2D eigenvalue weighted by Crippen LogP contribution is 2.21. The van der Waals surface area contributed by atoms with Gasteiger partial charge in [0.15, 0.2) is 0 Å². The lowest BCUT2D eigenvalue weighted by Crippen LogP contribution is -2.48. The molecule has 2 aromatic carbocycles. The van der Waals surface area contributed by atoms with Crippen molar-refractivity contribution in [3.8, 4) is 0 Å². The van der Waals surface area contributed by atoms with E-state index in [0.29, 0.717) is 18.1 Å². The summed E-state index contributed by atoms with van der Waals surface area (Å²) in [7, 11) is 0. The number of hydrogen-bond acceptors (Lipinski definition) is 3. The van der Waals surface area contributed by atoms with Gasteiger partial charge in [-0.15, -0.1) is 11.8 Å². The predicted octanol–water partition coefficient (Wildman–Crippen LogP) is 4.38. The highest BCUT2D eigenvalue weighted by molar-refractivity contribution is 8.00. The van der Waals surface area contributed by atoms with Crippen LogP contribution in [0, 0.1) is 0 Å². The van der Waals surface area contributed by atoms with E-state index in [9.17, 15) is 9.59 Å². The van der Waals surface area contributed by atoms with Gasteiger partial charge < -0.3 is 10.2 Å². The second-order valence-corrected chi connectivity index (χ2v) is 7.70. The van der Waals surface area contributed by atoms with Gasteiger partial charge in [0.05, 0.1) is 5.75 Å². The topological polar surface area (TPSA) is 49.4 Å². The monoisotopic (exact) mass is 404 g/mol. The molecular weight excluding hydrogens is 380 g/mol. The zero-order chi connectivity index (χ0) is 19.6. The van der Waals surface area contributed by atoms with Crippen molar-refractivity contribution in [3.05, 3.63) is 65.2 Å². The lowest BCUT2D eigenvalue weighted by atomic mass is 10.1. The molecule has 27 heavy (non-hydrogen) atoms. The van der Waals surface area contributed by atoms with Crippen molar-refractivity contribution < 1.29 is 9.59 Å². The molecular formula is C21H25ClN2O2S. The van der Waals surface area contributed by atoms with Gasteiger partial charge in [-0.2, -0.15) is 0 Å². The first-order valence-corrected chi connectivity index (χ1v) is 10.4. The van der Waals surface area contributed by atoms with E-state index in [0.717, 1.165) is 16.9 Å². The zero-order valence-electron chi connectivity index (χ0n) is 15.7. The number of hydrogen-bond donors (Lipinski definition) is 1. The van der Waals surface area contributed by atoms with Crippen LogP contribution in [0.2, 0.25) is 5.02 Å². The Morgan fingerprint density at radius 1 is 1.11 bits per heavy atom. The summed E-state index contributed by atoms with van der Waals surface area (Å²) in [5.74, 6) is 0.0652. The molecule has 0 spiro atoms. The van der Waals surface area contributed by atoms with Crippen molar-refractivity contribution in [2.24, 2.45) is 0 Å². The molecule has 0 saturated carbocycles. The average Bonchev–Trinajstić information content (AvgIpc) is 2.69. The minimum Gasteiger partial charge on any atom is -0.354 e. The molecule has 1 N–H and O–H groups in total. The first-order valence-electron chi connectivity index (χ1n) is 9.00. The SMILES string of the molecule is CCCNC(=O)C(C)N(Cc1ccccc1)C(=O)CSc1ccc(Cl)cc1. The summed E-state index contributed by atoms with van der Waals surface area (Å²) in [4.78, 5) is 27.9. The number of amides is 2. The quantitative estimate of drug-likeness (QED) is 0.631. The fourth-order valence-electron chi connectivity index (χ4n) is 2.52. The molecule has 0 heterocycles. The van der Waals surface area contributed by atoms with Crippen LogP contribution in [0.5, 0.6) is 0 Å². The van der Waals surface area contributed by atoms with Gasteiger partial charge in [-0.25, -0.2) is 0 Å². The molecule has 0 saturated heterocycles. The lowest BCUT2D eigenvalue weighted by Gasteiger charge is -2.28. The van der Waals surface area contributed by atoms with E-state index in [4.69, 9.17) is 11.6 Å². The van der Waals surface area contributed by atoms with Crippen molar-refractivity contribution >= 4 is 35.2 Å². The van der Waals surface area contributed by atoms with E-state index in [-0.39, 0.29) is 17.6 Å². The van der Waals surface area contributed by atoms with E-state index < -0.39 is 6.04 Å². The van der Waals surface area contributed by atoms with Gasteiger partial charge in [-0.3, -0.25) is 9.59 Å². The number of carbonyl (C=O) groups is 2. The van der Waals surface area contributed by atoms with Gasteiger partial charge in [0.25, 0.3) is 0 Å². The molecule has 144 valence electrons. The minimum absolute atomic E-state index is 0.0713. The summed E-state index contributed by atoms with van der Waals surface area (Å²) < 4.78 is 0. The highest BCUT2D eigenvalue weighted by atomic mass is 35.5. The molecule has 1 atom stereocenters. The maximum atomic E-state index is 12.9. The standard InChI is InChI=1S/C21H25ClN2O2S/c1-3-13-23-21(26)16(2)24(14-17-7-5-4-6-8-17)20(25)15-27-19-11-9-18(22)10-12-19/h4-12,16H,3,13-15H2,1-2H3,(H,23,26). The van der Waals surface area contributed by atoms with Crippen LogP contribution in [-0.2, 0) is 16.1 Å². The van der Waals surface area contributed by atoms with E-state index in [1.807, 2.05) is 49.4 Å². The van der Waals surface area contributed by atoms with Gasteiger partial charge in [0, 0.05) is 23.0 Å². The Morgan fingerprint density at radius 3 is 2.41 bits per heavy atom.